The highest BCUT2D eigenvalue weighted by Gasteiger charge is 2.30. The summed E-state index contributed by atoms with van der Waals surface area (Å²) in [4.78, 5) is 24.0. The van der Waals surface area contributed by atoms with E-state index >= 15 is 0 Å². The summed E-state index contributed by atoms with van der Waals surface area (Å²) in [6, 6.07) is 4.54. The molecule has 152 valence electrons. The van der Waals surface area contributed by atoms with E-state index < -0.39 is 15.9 Å². The maximum absolute atomic E-state index is 13.0. The number of hydrogen-bond donors (Lipinski definition) is 1. The second-order valence-electron chi connectivity index (χ2n) is 6.62. The molecule has 0 spiro atoms. The number of ether oxygens (including phenoxy) is 1. The highest BCUT2D eigenvalue weighted by Crippen LogP contribution is 2.31. The number of nitrogens with one attached hydrogen (secondary N) is 1. The van der Waals surface area contributed by atoms with Crippen LogP contribution in [-0.4, -0.2) is 62.0 Å². The summed E-state index contributed by atoms with van der Waals surface area (Å²) >= 11 is 0. The molecular weight excluding hydrogens is 384 g/mol. The molecule has 10 heteroatoms. The van der Waals surface area contributed by atoms with Crippen molar-refractivity contribution in [3.8, 4) is 5.75 Å². The van der Waals surface area contributed by atoms with Gasteiger partial charge in [0.15, 0.2) is 0 Å². The first-order valence-electron chi connectivity index (χ1n) is 9.25. The molecule has 2 heterocycles. The molecule has 0 aromatic heterocycles. The summed E-state index contributed by atoms with van der Waals surface area (Å²) in [7, 11) is -2.22. The van der Waals surface area contributed by atoms with E-state index in [9.17, 15) is 18.0 Å². The normalized spacial score (nSPS) is 18.1. The zero-order valence-electron chi connectivity index (χ0n) is 16.0. The molecular formula is C18H24N4O5S. The van der Waals surface area contributed by atoms with Crippen LogP contribution in [0, 0.1) is 0 Å². The number of sulfonamides is 1. The van der Waals surface area contributed by atoms with Gasteiger partial charge >= 0.3 is 0 Å². The Morgan fingerprint density at radius 2 is 1.96 bits per heavy atom. The van der Waals surface area contributed by atoms with Crippen LogP contribution in [0.5, 0.6) is 5.75 Å². The average molecular weight is 408 g/mol. The van der Waals surface area contributed by atoms with Crippen LogP contribution in [0.1, 0.15) is 32.6 Å². The van der Waals surface area contributed by atoms with Crippen LogP contribution in [-0.2, 0) is 19.6 Å². The van der Waals surface area contributed by atoms with Crippen molar-refractivity contribution in [3.63, 3.8) is 0 Å². The Bertz CT molecular complexity index is 907. The molecule has 0 saturated carbocycles. The third-order valence-corrected chi connectivity index (χ3v) is 6.57. The molecule has 0 bridgehead atoms. The van der Waals surface area contributed by atoms with Crippen molar-refractivity contribution in [1.82, 2.24) is 9.31 Å². The van der Waals surface area contributed by atoms with Gasteiger partial charge in [-0.05, 0) is 38.0 Å². The van der Waals surface area contributed by atoms with Gasteiger partial charge in [-0.25, -0.2) is 13.4 Å². The minimum atomic E-state index is -3.72. The number of nitrogens with zero attached hydrogens (tertiary/aromatic N) is 3. The van der Waals surface area contributed by atoms with Gasteiger partial charge in [-0.3, -0.25) is 9.59 Å². The minimum absolute atomic E-state index is 0.0342. The topological polar surface area (TPSA) is 108 Å². The maximum atomic E-state index is 13.0. The van der Waals surface area contributed by atoms with E-state index in [1.807, 2.05) is 0 Å². The third-order valence-electron chi connectivity index (χ3n) is 4.65. The van der Waals surface area contributed by atoms with Gasteiger partial charge in [0.2, 0.25) is 15.9 Å². The maximum Gasteiger partial charge on any atom is 0.271 e. The quantitative estimate of drug-likeness (QED) is 0.766. The summed E-state index contributed by atoms with van der Waals surface area (Å²) < 4.78 is 33.0. The Kier molecular flexibility index (Phi) is 5.99. The Balaban J connectivity index is 1.88. The number of amides is 2. The summed E-state index contributed by atoms with van der Waals surface area (Å²) in [5.74, 6) is -0.364. The molecule has 1 aromatic rings. The average Bonchev–Trinajstić information content (AvgIpc) is 3.21. The van der Waals surface area contributed by atoms with Crippen molar-refractivity contribution in [2.75, 3.05) is 32.1 Å². The summed E-state index contributed by atoms with van der Waals surface area (Å²) in [6.45, 7) is 3.05. The second-order valence-corrected chi connectivity index (χ2v) is 8.53. The lowest BCUT2D eigenvalue weighted by atomic mass is 10.1. The number of carbonyl (C=O) groups excluding carboxylic acids is 2. The van der Waals surface area contributed by atoms with Gasteiger partial charge in [0.05, 0.1) is 6.61 Å². The Hall–Kier alpha value is -2.46. The summed E-state index contributed by atoms with van der Waals surface area (Å²) in [6.07, 6.45) is 2.10. The van der Waals surface area contributed by atoms with E-state index in [2.05, 4.69) is 10.4 Å². The monoisotopic (exact) mass is 408 g/mol. The van der Waals surface area contributed by atoms with Crippen molar-refractivity contribution in [1.29, 1.82) is 0 Å². The lowest BCUT2D eigenvalue weighted by molar-refractivity contribution is -0.130. The fourth-order valence-electron chi connectivity index (χ4n) is 3.17. The van der Waals surface area contributed by atoms with Crippen LogP contribution in [0.2, 0.25) is 0 Å². The van der Waals surface area contributed by atoms with E-state index in [1.54, 1.807) is 19.1 Å². The smallest absolute Gasteiger partial charge is 0.271 e. The largest absolute Gasteiger partial charge is 0.492 e. The molecule has 3 rings (SSSR count). The lowest BCUT2D eigenvalue weighted by Crippen LogP contribution is -2.34. The molecule has 0 radical (unpaired) electrons. The third kappa shape index (κ3) is 4.17. The minimum Gasteiger partial charge on any atom is -0.492 e. The number of anilines is 1. The van der Waals surface area contributed by atoms with Crippen molar-refractivity contribution >= 4 is 33.2 Å². The van der Waals surface area contributed by atoms with Crippen molar-refractivity contribution < 1.29 is 22.7 Å². The Labute approximate surface area is 164 Å². The lowest BCUT2D eigenvalue weighted by Gasteiger charge is -2.20. The molecule has 2 aliphatic rings. The first-order chi connectivity index (χ1) is 13.3. The van der Waals surface area contributed by atoms with Gasteiger partial charge in [-0.2, -0.15) is 9.41 Å². The van der Waals surface area contributed by atoms with Gasteiger partial charge in [0, 0.05) is 38.7 Å². The number of rotatable bonds is 6. The summed E-state index contributed by atoms with van der Waals surface area (Å²) in [5.41, 5.74) is 0.549. The van der Waals surface area contributed by atoms with Gasteiger partial charge < -0.3 is 10.1 Å². The standard InChI is InChI=1S/C18H24N4O5S/c1-3-27-15-8-6-13(12-16(15)28(25,26)22-10-4-5-11-22)19-18(24)14-7-9-17(23)21(2)20-14/h6,8,12H,3-5,7,9-11H2,1-2H3,(H,19,24). The first kappa shape index (κ1) is 20.3. The fraction of sp³-hybridized carbons (Fsp3) is 0.500. The predicted octanol–water partition coefficient (Wildman–Crippen LogP) is 1.42. The molecule has 2 amide bonds. The highest BCUT2D eigenvalue weighted by atomic mass is 32.2. The van der Waals surface area contributed by atoms with E-state index in [0.717, 1.165) is 17.9 Å². The zero-order valence-corrected chi connectivity index (χ0v) is 16.8. The van der Waals surface area contributed by atoms with E-state index in [0.29, 0.717) is 25.4 Å². The van der Waals surface area contributed by atoms with Crippen LogP contribution < -0.4 is 10.1 Å². The van der Waals surface area contributed by atoms with Crippen molar-refractivity contribution in [2.45, 2.75) is 37.5 Å². The number of benzene rings is 1. The molecule has 9 nitrogen and oxygen atoms in total. The molecule has 1 fully saturated rings. The van der Waals surface area contributed by atoms with Crippen molar-refractivity contribution in [2.24, 2.45) is 5.10 Å². The van der Waals surface area contributed by atoms with Gasteiger partial charge in [-0.15, -0.1) is 0 Å². The fourth-order valence-corrected chi connectivity index (χ4v) is 4.84. The second kappa shape index (κ2) is 8.27. The van der Waals surface area contributed by atoms with E-state index in [-0.39, 0.29) is 35.1 Å². The summed E-state index contributed by atoms with van der Waals surface area (Å²) in [5, 5.41) is 7.79. The SMILES string of the molecule is CCOc1ccc(NC(=O)C2=NN(C)C(=O)CC2)cc1S(=O)(=O)N1CCCC1. The molecule has 2 aliphatic heterocycles. The molecule has 0 unspecified atom stereocenters. The van der Waals surface area contributed by atoms with Crippen LogP contribution in [0.4, 0.5) is 5.69 Å². The molecule has 0 atom stereocenters. The molecule has 1 aromatic carbocycles. The molecule has 28 heavy (non-hydrogen) atoms. The molecule has 1 N–H and O–H groups in total. The number of hydrazone groups is 1. The van der Waals surface area contributed by atoms with Crippen LogP contribution in [0.3, 0.4) is 0 Å². The van der Waals surface area contributed by atoms with Crippen LogP contribution in [0.15, 0.2) is 28.2 Å². The molecule has 1 saturated heterocycles. The van der Waals surface area contributed by atoms with Crippen LogP contribution >= 0.6 is 0 Å². The zero-order chi connectivity index (χ0) is 20.3. The van der Waals surface area contributed by atoms with E-state index in [1.165, 1.54) is 17.4 Å². The van der Waals surface area contributed by atoms with E-state index in [4.69, 9.17) is 4.74 Å². The molecule has 0 aliphatic carbocycles. The predicted molar refractivity (Wildman–Crippen MR) is 104 cm³/mol. The van der Waals surface area contributed by atoms with Gasteiger partial charge in [-0.1, -0.05) is 0 Å². The van der Waals surface area contributed by atoms with Crippen LogP contribution in [0.25, 0.3) is 0 Å². The Morgan fingerprint density at radius 3 is 2.61 bits per heavy atom. The van der Waals surface area contributed by atoms with Crippen molar-refractivity contribution in [3.05, 3.63) is 18.2 Å². The number of hydrogen-bond acceptors (Lipinski definition) is 6. The van der Waals surface area contributed by atoms with Gasteiger partial charge in [0.25, 0.3) is 5.91 Å². The Morgan fingerprint density at radius 1 is 1.25 bits per heavy atom. The highest BCUT2D eigenvalue weighted by molar-refractivity contribution is 7.89. The number of carbonyl (C=O) groups is 2. The van der Waals surface area contributed by atoms with Gasteiger partial charge in [0.1, 0.15) is 16.4 Å². The first-order valence-corrected chi connectivity index (χ1v) is 10.7.